The monoisotopic (exact) mass is 262 g/mol. The molecule has 2 N–H and O–H groups in total. The van der Waals surface area contributed by atoms with Gasteiger partial charge in [0.05, 0.1) is 0 Å². The van der Waals surface area contributed by atoms with Crippen LogP contribution in [0.5, 0.6) is 0 Å². The van der Waals surface area contributed by atoms with E-state index in [0.717, 1.165) is 25.9 Å². The minimum atomic E-state index is 0.0823. The summed E-state index contributed by atoms with van der Waals surface area (Å²) in [7, 11) is 0. The Morgan fingerprint density at radius 1 is 1.37 bits per heavy atom. The lowest BCUT2D eigenvalue weighted by molar-refractivity contribution is 0.224. The smallest absolute Gasteiger partial charge is 0.0446 e. The zero-order valence-electron chi connectivity index (χ0n) is 12.3. The maximum absolute atomic E-state index is 9.19. The van der Waals surface area contributed by atoms with Gasteiger partial charge in [-0.1, -0.05) is 25.1 Å². The first kappa shape index (κ1) is 14.4. The van der Waals surface area contributed by atoms with Gasteiger partial charge in [0, 0.05) is 37.0 Å². The molecule has 2 rings (SSSR count). The molecule has 1 fully saturated rings. The molecule has 1 aliphatic heterocycles. The van der Waals surface area contributed by atoms with Crippen molar-refractivity contribution < 1.29 is 5.11 Å². The van der Waals surface area contributed by atoms with Crippen molar-refractivity contribution in [3.8, 4) is 0 Å². The molecule has 1 unspecified atom stereocenters. The van der Waals surface area contributed by atoms with Crippen LogP contribution in [0.3, 0.4) is 0 Å². The molecule has 0 amide bonds. The quantitative estimate of drug-likeness (QED) is 0.873. The van der Waals surface area contributed by atoms with Crippen molar-refractivity contribution in [1.82, 2.24) is 5.32 Å². The lowest BCUT2D eigenvalue weighted by Crippen LogP contribution is -2.62. The minimum absolute atomic E-state index is 0.0823. The van der Waals surface area contributed by atoms with Crippen LogP contribution in [0.1, 0.15) is 32.8 Å². The van der Waals surface area contributed by atoms with Crippen LogP contribution in [0, 0.1) is 0 Å². The van der Waals surface area contributed by atoms with Gasteiger partial charge in [-0.2, -0.15) is 0 Å². The zero-order valence-corrected chi connectivity index (χ0v) is 12.3. The van der Waals surface area contributed by atoms with E-state index in [1.807, 2.05) is 0 Å². The molecule has 19 heavy (non-hydrogen) atoms. The summed E-state index contributed by atoms with van der Waals surface area (Å²) in [6.07, 6.45) is 1.87. The molecule has 0 aromatic heterocycles. The van der Waals surface area contributed by atoms with Crippen molar-refractivity contribution in [3.63, 3.8) is 0 Å². The summed E-state index contributed by atoms with van der Waals surface area (Å²) >= 11 is 0. The van der Waals surface area contributed by atoms with Gasteiger partial charge in [0.2, 0.25) is 0 Å². The van der Waals surface area contributed by atoms with Crippen LogP contribution >= 0.6 is 0 Å². The normalized spacial score (nSPS) is 22.5. The number of rotatable bonds is 4. The SMILES string of the molecule is CCc1ccccc1N1CC(CCO)NC(C)(C)C1. The van der Waals surface area contributed by atoms with Gasteiger partial charge in [0.1, 0.15) is 0 Å². The van der Waals surface area contributed by atoms with Crippen LogP contribution in [-0.2, 0) is 6.42 Å². The van der Waals surface area contributed by atoms with Crippen LogP contribution < -0.4 is 10.2 Å². The van der Waals surface area contributed by atoms with Crippen molar-refractivity contribution >= 4 is 5.69 Å². The molecule has 3 nitrogen and oxygen atoms in total. The third kappa shape index (κ3) is 3.48. The summed E-state index contributed by atoms with van der Waals surface area (Å²) < 4.78 is 0. The van der Waals surface area contributed by atoms with Crippen LogP contribution in [0.4, 0.5) is 5.69 Å². The first-order valence-electron chi connectivity index (χ1n) is 7.27. The average molecular weight is 262 g/mol. The number of piperazine rings is 1. The van der Waals surface area contributed by atoms with Crippen molar-refractivity contribution in [2.24, 2.45) is 0 Å². The zero-order chi connectivity index (χ0) is 13.9. The second-order valence-corrected chi connectivity index (χ2v) is 6.10. The molecule has 1 saturated heterocycles. The maximum Gasteiger partial charge on any atom is 0.0446 e. The van der Waals surface area contributed by atoms with Gasteiger partial charge in [-0.25, -0.2) is 0 Å². The number of nitrogens with one attached hydrogen (secondary N) is 1. The summed E-state index contributed by atoms with van der Waals surface area (Å²) in [5.74, 6) is 0. The Balaban J connectivity index is 2.22. The van der Waals surface area contributed by atoms with Crippen LogP contribution in [0.25, 0.3) is 0 Å². The van der Waals surface area contributed by atoms with Crippen molar-refractivity contribution in [2.45, 2.75) is 45.2 Å². The number of hydrogen-bond acceptors (Lipinski definition) is 3. The van der Waals surface area contributed by atoms with Crippen LogP contribution in [0.2, 0.25) is 0 Å². The van der Waals surface area contributed by atoms with E-state index in [1.165, 1.54) is 11.3 Å². The molecular formula is C16H26N2O. The number of anilines is 1. The molecule has 1 aromatic carbocycles. The second-order valence-electron chi connectivity index (χ2n) is 6.10. The molecule has 0 saturated carbocycles. The third-order valence-corrected chi connectivity index (χ3v) is 3.81. The Kier molecular flexibility index (Phi) is 4.48. The molecule has 1 aromatic rings. The molecule has 106 valence electrons. The Hall–Kier alpha value is -1.06. The summed E-state index contributed by atoms with van der Waals surface area (Å²) in [6.45, 7) is 8.90. The Labute approximate surface area is 116 Å². The van der Waals surface area contributed by atoms with Gasteiger partial charge in [0.25, 0.3) is 0 Å². The summed E-state index contributed by atoms with van der Waals surface area (Å²) in [5, 5.41) is 12.8. The largest absolute Gasteiger partial charge is 0.396 e. The topological polar surface area (TPSA) is 35.5 Å². The van der Waals surface area contributed by atoms with Crippen LogP contribution in [0.15, 0.2) is 24.3 Å². The summed E-state index contributed by atoms with van der Waals surface area (Å²) in [6, 6.07) is 9.02. The maximum atomic E-state index is 9.19. The Morgan fingerprint density at radius 2 is 2.11 bits per heavy atom. The summed E-state index contributed by atoms with van der Waals surface area (Å²) in [5.41, 5.74) is 2.84. The number of nitrogens with zero attached hydrogens (tertiary/aromatic N) is 1. The molecule has 1 atom stereocenters. The molecule has 0 bridgehead atoms. The van der Waals surface area contributed by atoms with E-state index in [1.54, 1.807) is 0 Å². The predicted octanol–water partition coefficient (Wildman–Crippen LogP) is 2.19. The van der Waals surface area contributed by atoms with E-state index < -0.39 is 0 Å². The summed E-state index contributed by atoms with van der Waals surface area (Å²) in [4.78, 5) is 2.47. The molecule has 0 radical (unpaired) electrons. The fourth-order valence-electron chi connectivity index (χ4n) is 3.07. The molecule has 1 heterocycles. The molecular weight excluding hydrogens is 236 g/mol. The Morgan fingerprint density at radius 3 is 2.79 bits per heavy atom. The van der Waals surface area contributed by atoms with E-state index in [0.29, 0.717) is 6.04 Å². The molecule has 0 aliphatic carbocycles. The minimum Gasteiger partial charge on any atom is -0.396 e. The highest BCUT2D eigenvalue weighted by Gasteiger charge is 2.32. The van der Waals surface area contributed by atoms with E-state index in [-0.39, 0.29) is 12.1 Å². The number of benzene rings is 1. The van der Waals surface area contributed by atoms with E-state index >= 15 is 0 Å². The predicted molar refractivity (Wildman–Crippen MR) is 80.7 cm³/mol. The van der Waals surface area contributed by atoms with E-state index in [9.17, 15) is 5.11 Å². The second kappa shape index (κ2) is 5.93. The van der Waals surface area contributed by atoms with Gasteiger partial charge >= 0.3 is 0 Å². The molecule has 0 spiro atoms. The van der Waals surface area contributed by atoms with Crippen LogP contribution in [-0.4, -0.2) is 36.4 Å². The highest BCUT2D eigenvalue weighted by Crippen LogP contribution is 2.26. The number of para-hydroxylation sites is 1. The first-order chi connectivity index (χ1) is 9.05. The fraction of sp³-hybridized carbons (Fsp3) is 0.625. The average Bonchev–Trinajstić information content (AvgIpc) is 2.37. The van der Waals surface area contributed by atoms with Crippen molar-refractivity contribution in [3.05, 3.63) is 29.8 Å². The fourth-order valence-corrected chi connectivity index (χ4v) is 3.07. The first-order valence-corrected chi connectivity index (χ1v) is 7.27. The highest BCUT2D eigenvalue weighted by atomic mass is 16.3. The van der Waals surface area contributed by atoms with Gasteiger partial charge in [-0.05, 0) is 38.3 Å². The number of hydrogen-bond donors (Lipinski definition) is 2. The lowest BCUT2D eigenvalue weighted by Gasteiger charge is -2.45. The number of aliphatic hydroxyl groups is 1. The lowest BCUT2D eigenvalue weighted by atomic mass is 9.95. The van der Waals surface area contributed by atoms with Gasteiger partial charge < -0.3 is 15.3 Å². The van der Waals surface area contributed by atoms with E-state index in [4.69, 9.17) is 0 Å². The van der Waals surface area contributed by atoms with E-state index in [2.05, 4.69) is 55.3 Å². The number of aryl methyl sites for hydroxylation is 1. The van der Waals surface area contributed by atoms with Crippen molar-refractivity contribution in [1.29, 1.82) is 0 Å². The highest BCUT2D eigenvalue weighted by molar-refractivity contribution is 5.54. The van der Waals surface area contributed by atoms with Gasteiger partial charge in [-0.15, -0.1) is 0 Å². The molecule has 3 heteroatoms. The van der Waals surface area contributed by atoms with Gasteiger partial charge in [0.15, 0.2) is 0 Å². The number of aliphatic hydroxyl groups excluding tert-OH is 1. The van der Waals surface area contributed by atoms with Gasteiger partial charge in [-0.3, -0.25) is 0 Å². The van der Waals surface area contributed by atoms with Crippen molar-refractivity contribution in [2.75, 3.05) is 24.6 Å². The molecule has 1 aliphatic rings. The Bertz CT molecular complexity index is 417. The third-order valence-electron chi connectivity index (χ3n) is 3.81. The standard InChI is InChI=1S/C16H26N2O/c1-4-13-7-5-6-8-15(13)18-11-14(9-10-19)17-16(2,3)12-18/h5-8,14,17,19H,4,9-12H2,1-3H3.